The molecule has 0 aromatic heterocycles. The predicted octanol–water partition coefficient (Wildman–Crippen LogP) is 5.09. The summed E-state index contributed by atoms with van der Waals surface area (Å²) in [5.74, 6) is -0.0460. The molecular weight excluding hydrogens is 605 g/mol. The van der Waals surface area contributed by atoms with Gasteiger partial charge in [-0.2, -0.15) is 0 Å². The minimum atomic E-state index is -0.539. The summed E-state index contributed by atoms with van der Waals surface area (Å²) >= 11 is -0.539. The number of nitrogens with zero attached hydrogens (tertiary/aromatic N) is 1. The molecule has 0 bridgehead atoms. The number of amides is 1. The van der Waals surface area contributed by atoms with E-state index in [0.29, 0.717) is 24.2 Å². The van der Waals surface area contributed by atoms with Crippen LogP contribution in [-0.4, -0.2) is 49.2 Å². The summed E-state index contributed by atoms with van der Waals surface area (Å²) in [6, 6.07) is 27.5. The van der Waals surface area contributed by atoms with Crippen molar-refractivity contribution in [1.29, 1.82) is 5.26 Å². The molecule has 3 aromatic carbocycles. The molecule has 1 N–H and O–H groups in total. The third kappa shape index (κ3) is 7.36. The Morgan fingerprint density at radius 1 is 1.06 bits per heavy atom. The van der Waals surface area contributed by atoms with Crippen molar-refractivity contribution in [3.8, 4) is 17.2 Å². The van der Waals surface area contributed by atoms with Crippen molar-refractivity contribution in [2.75, 3.05) is 13.7 Å². The number of hydrogen-bond donors (Lipinski definition) is 1. The molecule has 0 aliphatic carbocycles. The van der Waals surface area contributed by atoms with Crippen LogP contribution in [0.25, 0.3) is 11.1 Å². The van der Waals surface area contributed by atoms with Crippen LogP contribution in [0.15, 0.2) is 88.7 Å². The Hall–Kier alpha value is -2.78. The van der Waals surface area contributed by atoms with E-state index in [9.17, 15) is 10.1 Å². The van der Waals surface area contributed by atoms with Crippen LogP contribution < -0.4 is 5.32 Å². The zero-order chi connectivity index (χ0) is 23.5. The van der Waals surface area contributed by atoms with Gasteiger partial charge in [-0.25, -0.2) is 0 Å². The van der Waals surface area contributed by atoms with Crippen molar-refractivity contribution in [2.45, 2.75) is 17.0 Å². The van der Waals surface area contributed by atoms with Crippen LogP contribution in [0.5, 0.6) is 0 Å². The fraction of sp³-hybridized carbons (Fsp3) is 0.214. The van der Waals surface area contributed by atoms with E-state index in [4.69, 9.17) is 4.74 Å². The molecule has 1 unspecified atom stereocenters. The van der Waals surface area contributed by atoms with Crippen molar-refractivity contribution in [3.05, 3.63) is 105 Å². The molecule has 2 atom stereocenters. The van der Waals surface area contributed by atoms with E-state index >= 15 is 0 Å². The van der Waals surface area contributed by atoms with Gasteiger partial charge in [-0.05, 0) is 0 Å². The van der Waals surface area contributed by atoms with Crippen molar-refractivity contribution in [3.63, 3.8) is 0 Å². The van der Waals surface area contributed by atoms with E-state index in [0.717, 1.165) is 16.7 Å². The van der Waals surface area contributed by atoms with Gasteiger partial charge in [0.1, 0.15) is 0 Å². The molecule has 0 fully saturated rings. The quantitative estimate of drug-likeness (QED) is 0.339. The van der Waals surface area contributed by atoms with Gasteiger partial charge in [-0.1, -0.05) is 6.07 Å². The van der Waals surface area contributed by atoms with E-state index in [1.165, 1.54) is 0 Å². The summed E-state index contributed by atoms with van der Waals surface area (Å²) in [4.78, 5) is 13.1. The van der Waals surface area contributed by atoms with Crippen LogP contribution in [0.2, 0.25) is 4.58 Å². The van der Waals surface area contributed by atoms with Gasteiger partial charge >= 0.3 is 203 Å². The van der Waals surface area contributed by atoms with Crippen molar-refractivity contribution < 1.29 is 9.53 Å². The molecule has 1 amide bonds. The molecular formula is C28H28N2O2Po. The van der Waals surface area contributed by atoms with Crippen molar-refractivity contribution in [1.82, 2.24) is 5.32 Å². The van der Waals surface area contributed by atoms with Crippen LogP contribution in [0.1, 0.15) is 21.5 Å². The Morgan fingerprint density at radius 3 is 2.45 bits per heavy atom. The Kier molecular flexibility index (Phi) is 9.83. The molecule has 0 heterocycles. The summed E-state index contributed by atoms with van der Waals surface area (Å²) in [5, 5.41) is 12.4. The van der Waals surface area contributed by atoms with Crippen molar-refractivity contribution in [2.24, 2.45) is 5.92 Å². The number of carbonyl (C=O) groups excluding carboxylic acids is 1. The number of ether oxygens (including phenoxy) is 1. The topological polar surface area (TPSA) is 62.1 Å². The third-order valence-electron chi connectivity index (χ3n) is 5.42. The van der Waals surface area contributed by atoms with Crippen LogP contribution in [0.3, 0.4) is 0 Å². The van der Waals surface area contributed by atoms with E-state index in [-0.39, 0.29) is 17.9 Å². The summed E-state index contributed by atoms with van der Waals surface area (Å²) in [7, 11) is 1.68. The number of benzene rings is 3. The first-order chi connectivity index (χ1) is 16.1. The first-order valence-corrected chi connectivity index (χ1v) is 15.8. The number of nitrogens with one attached hydrogen (secondary N) is 1. The SMILES string of the molecule is COC[C@H](Cc1cccc(C#N)c1)C(/C=[CH]/[Po][CH3])NC(=O)c1ccc(-c2ccccc2)cc1. The normalized spacial score (nSPS) is 12.8. The fourth-order valence-electron chi connectivity index (χ4n) is 3.74. The number of methoxy groups -OCH3 is 1. The Balaban J connectivity index is 1.78. The molecule has 0 aliphatic heterocycles. The molecule has 3 rings (SSSR count). The number of carbonyl (C=O) groups is 1. The Labute approximate surface area is 208 Å². The molecule has 0 radical (unpaired) electrons. The number of hydrogen-bond acceptors (Lipinski definition) is 3. The second kappa shape index (κ2) is 13.1. The van der Waals surface area contributed by atoms with E-state index in [1.54, 1.807) is 13.2 Å². The molecule has 0 spiro atoms. The Morgan fingerprint density at radius 2 is 1.79 bits per heavy atom. The maximum atomic E-state index is 13.1. The van der Waals surface area contributed by atoms with Gasteiger partial charge in [-0.3, -0.25) is 0 Å². The molecule has 0 aliphatic rings. The predicted molar refractivity (Wildman–Crippen MR) is 134 cm³/mol. The van der Waals surface area contributed by atoms with Gasteiger partial charge in [0.2, 0.25) is 0 Å². The molecule has 4 nitrogen and oxygen atoms in total. The minimum absolute atomic E-state index is 0.0538. The molecule has 0 saturated heterocycles. The van der Waals surface area contributed by atoms with Crippen molar-refractivity contribution >= 4 is 29.5 Å². The molecule has 3 aromatic rings. The maximum absolute atomic E-state index is 13.1. The van der Waals surface area contributed by atoms with Crippen LogP contribution >= 0.6 is 0 Å². The van der Waals surface area contributed by atoms with E-state index in [2.05, 4.69) is 37.9 Å². The third-order valence-corrected chi connectivity index (χ3v) is 7.09. The molecule has 33 heavy (non-hydrogen) atoms. The second-order valence-corrected chi connectivity index (χ2v) is 10.6. The van der Waals surface area contributed by atoms with Gasteiger partial charge < -0.3 is 0 Å². The van der Waals surface area contributed by atoms with Gasteiger partial charge in [0.05, 0.1) is 0 Å². The summed E-state index contributed by atoms with van der Waals surface area (Å²) in [5.41, 5.74) is 4.54. The number of rotatable bonds is 10. The van der Waals surface area contributed by atoms with Gasteiger partial charge in [0, 0.05) is 0 Å². The fourth-order valence-corrected chi connectivity index (χ4v) is 5.01. The second-order valence-electron chi connectivity index (χ2n) is 7.74. The van der Waals surface area contributed by atoms with Crippen LogP contribution in [0.4, 0.5) is 0 Å². The number of nitriles is 1. The zero-order valence-electron chi connectivity index (χ0n) is 18.9. The summed E-state index contributed by atoms with van der Waals surface area (Å²) in [6.45, 7) is 0.507. The average molecular weight is 634 g/mol. The van der Waals surface area contributed by atoms with Crippen LogP contribution in [-0.2, 0) is 11.2 Å². The first kappa shape index (κ1) is 24.9. The van der Waals surface area contributed by atoms with E-state index < -0.39 is 23.6 Å². The molecule has 0 saturated carbocycles. The Bertz CT molecular complexity index is 1100. The molecule has 5 heteroatoms. The van der Waals surface area contributed by atoms with Crippen LogP contribution in [0, 0.1) is 17.2 Å². The zero-order valence-corrected chi connectivity index (χ0v) is 22.1. The average Bonchev–Trinajstić information content (AvgIpc) is 2.87. The first-order valence-electron chi connectivity index (χ1n) is 10.8. The summed E-state index contributed by atoms with van der Waals surface area (Å²) in [6.07, 6.45) is 2.83. The standard InChI is InChI=1S/C27H25N2O2.CH3.Po/c1-3-26(25(19-31-2)17-20-8-7-9-21(16-20)18-28)29-27(30)24-14-12-23(13-15-24)22-10-5-4-6-11-22;;/h1,3-16,25-26H,17,19H2,2H3,(H,29,30);1H3;/t25-,26?;;/m0../s1. The van der Waals surface area contributed by atoms with Gasteiger partial charge in [0.15, 0.2) is 0 Å². The van der Waals surface area contributed by atoms with Gasteiger partial charge in [-0.15, -0.1) is 0 Å². The monoisotopic (exact) mass is 633 g/mol. The van der Waals surface area contributed by atoms with Gasteiger partial charge in [0.25, 0.3) is 0 Å². The summed E-state index contributed by atoms with van der Waals surface area (Å²) < 4.78 is 9.98. The van der Waals surface area contributed by atoms with E-state index in [1.807, 2.05) is 60.7 Å². The molecule has 168 valence electrons.